The van der Waals surface area contributed by atoms with Gasteiger partial charge in [-0.3, -0.25) is 20.0 Å². The molecule has 2 amide bonds. The van der Waals surface area contributed by atoms with Gasteiger partial charge in [-0.05, 0) is 35.1 Å². The Hall–Kier alpha value is -4.14. The van der Waals surface area contributed by atoms with E-state index in [0.29, 0.717) is 0 Å². The van der Waals surface area contributed by atoms with E-state index >= 15 is 0 Å². The first-order valence-corrected chi connectivity index (χ1v) is 11.2. The summed E-state index contributed by atoms with van der Waals surface area (Å²) >= 11 is 0. The predicted molar refractivity (Wildman–Crippen MR) is 124 cm³/mol. The molecule has 0 bridgehead atoms. The largest absolute Gasteiger partial charge is 0.481 e. The minimum atomic E-state index is -0.958. The highest BCUT2D eigenvalue weighted by Gasteiger charge is 2.34. The normalized spacial score (nSPS) is 14.2. The summed E-state index contributed by atoms with van der Waals surface area (Å²) in [7, 11) is 0. The Balaban J connectivity index is 1.21. The summed E-state index contributed by atoms with van der Waals surface area (Å²) in [6.45, 7) is 0.299. The number of amides is 2. The van der Waals surface area contributed by atoms with E-state index in [1.54, 1.807) is 4.90 Å². The van der Waals surface area contributed by atoms with Gasteiger partial charge in [-0.2, -0.15) is 5.10 Å². The lowest BCUT2D eigenvalue weighted by Crippen LogP contribution is -2.35. The standard InChI is InChI=1S/C25H24N4O5/c30-23(31)11-12-29(15-9-10-15)24(32)21-13-22(28-27-21)26-25(33)34-14-20-18-7-3-1-5-16(18)17-6-2-4-8-19(17)20/h1-8,13,15,20H,9-12,14H2,(H,30,31)(H2,26,27,28,33). The van der Waals surface area contributed by atoms with Crippen LogP contribution in [0.1, 0.15) is 46.8 Å². The topological polar surface area (TPSA) is 125 Å². The number of carbonyl (C=O) groups is 3. The van der Waals surface area contributed by atoms with Gasteiger partial charge in [0.25, 0.3) is 5.91 Å². The van der Waals surface area contributed by atoms with Gasteiger partial charge in [-0.1, -0.05) is 48.5 Å². The van der Waals surface area contributed by atoms with Crippen molar-refractivity contribution in [3.63, 3.8) is 0 Å². The number of aliphatic carboxylic acids is 1. The second kappa shape index (κ2) is 9.01. The van der Waals surface area contributed by atoms with Crippen LogP contribution in [0.5, 0.6) is 0 Å². The summed E-state index contributed by atoms with van der Waals surface area (Å²) in [6.07, 6.45) is 0.910. The lowest BCUT2D eigenvalue weighted by molar-refractivity contribution is -0.137. The number of aromatic amines is 1. The molecule has 3 aromatic rings. The summed E-state index contributed by atoms with van der Waals surface area (Å²) < 4.78 is 5.51. The Kier molecular flexibility index (Phi) is 5.75. The van der Waals surface area contributed by atoms with Crippen molar-refractivity contribution in [3.8, 4) is 11.1 Å². The van der Waals surface area contributed by atoms with E-state index in [4.69, 9.17) is 9.84 Å². The number of nitrogens with zero attached hydrogens (tertiary/aromatic N) is 2. The molecular formula is C25H24N4O5. The average molecular weight is 460 g/mol. The Labute approximate surface area is 195 Å². The van der Waals surface area contributed by atoms with Crippen molar-refractivity contribution in [2.75, 3.05) is 18.5 Å². The molecule has 1 fully saturated rings. The molecule has 174 valence electrons. The number of carboxylic acids is 1. The molecule has 0 radical (unpaired) electrons. The van der Waals surface area contributed by atoms with E-state index in [2.05, 4.69) is 27.6 Å². The molecule has 1 aromatic heterocycles. The first-order chi connectivity index (χ1) is 16.5. The molecule has 2 aromatic carbocycles. The van der Waals surface area contributed by atoms with Crippen LogP contribution in [0.2, 0.25) is 0 Å². The highest BCUT2D eigenvalue weighted by Crippen LogP contribution is 2.44. The third-order valence-electron chi connectivity index (χ3n) is 6.20. The Morgan fingerprint density at radius 3 is 2.32 bits per heavy atom. The summed E-state index contributed by atoms with van der Waals surface area (Å²) in [5.74, 6) is -1.19. The maximum absolute atomic E-state index is 12.8. The average Bonchev–Trinajstić information content (AvgIpc) is 3.47. The summed E-state index contributed by atoms with van der Waals surface area (Å²) in [5.41, 5.74) is 4.71. The summed E-state index contributed by atoms with van der Waals surface area (Å²) in [6, 6.07) is 17.6. The number of ether oxygens (including phenoxy) is 1. The number of benzene rings is 2. The van der Waals surface area contributed by atoms with Gasteiger partial charge in [0.1, 0.15) is 12.3 Å². The molecule has 1 heterocycles. The van der Waals surface area contributed by atoms with Gasteiger partial charge in [-0.25, -0.2) is 4.79 Å². The molecule has 2 aliphatic rings. The number of nitrogens with one attached hydrogen (secondary N) is 2. The molecule has 3 N–H and O–H groups in total. The van der Waals surface area contributed by atoms with Crippen LogP contribution in [-0.2, 0) is 9.53 Å². The first-order valence-electron chi connectivity index (χ1n) is 11.2. The number of aromatic nitrogens is 2. The van der Waals surface area contributed by atoms with Crippen molar-refractivity contribution in [2.45, 2.75) is 31.2 Å². The van der Waals surface area contributed by atoms with Crippen LogP contribution in [0.4, 0.5) is 10.6 Å². The van der Waals surface area contributed by atoms with E-state index in [1.807, 2.05) is 36.4 Å². The van der Waals surface area contributed by atoms with Crippen molar-refractivity contribution in [1.82, 2.24) is 15.1 Å². The lowest BCUT2D eigenvalue weighted by atomic mass is 9.98. The minimum Gasteiger partial charge on any atom is -0.481 e. The van der Waals surface area contributed by atoms with Gasteiger partial charge in [0.05, 0.1) is 6.42 Å². The van der Waals surface area contributed by atoms with E-state index in [9.17, 15) is 14.4 Å². The molecule has 0 spiro atoms. The molecule has 0 saturated heterocycles. The molecule has 1 saturated carbocycles. The highest BCUT2D eigenvalue weighted by atomic mass is 16.5. The van der Waals surface area contributed by atoms with E-state index < -0.39 is 12.1 Å². The minimum absolute atomic E-state index is 0.0497. The fourth-order valence-electron chi connectivity index (χ4n) is 4.44. The molecule has 5 rings (SSSR count). The second-order valence-corrected chi connectivity index (χ2v) is 8.49. The molecule has 0 aliphatic heterocycles. The number of rotatable bonds is 8. The van der Waals surface area contributed by atoms with Gasteiger partial charge in [0.15, 0.2) is 5.82 Å². The zero-order valence-corrected chi connectivity index (χ0v) is 18.4. The van der Waals surface area contributed by atoms with Crippen LogP contribution in [0.3, 0.4) is 0 Å². The number of H-pyrrole nitrogens is 1. The lowest BCUT2D eigenvalue weighted by Gasteiger charge is -2.20. The molecule has 34 heavy (non-hydrogen) atoms. The molecular weight excluding hydrogens is 436 g/mol. The number of fused-ring (bicyclic) bond motifs is 3. The van der Waals surface area contributed by atoms with E-state index in [0.717, 1.165) is 35.1 Å². The monoisotopic (exact) mass is 460 g/mol. The zero-order chi connectivity index (χ0) is 23.7. The Morgan fingerprint density at radius 1 is 1.06 bits per heavy atom. The third-order valence-corrected chi connectivity index (χ3v) is 6.20. The number of hydrogen-bond acceptors (Lipinski definition) is 5. The fourth-order valence-corrected chi connectivity index (χ4v) is 4.44. The van der Waals surface area contributed by atoms with Gasteiger partial charge in [0, 0.05) is 24.6 Å². The number of carboxylic acid groups (broad SMARTS) is 1. The molecule has 9 heteroatoms. The first kappa shape index (κ1) is 21.7. The van der Waals surface area contributed by atoms with Gasteiger partial charge < -0.3 is 14.7 Å². The highest BCUT2D eigenvalue weighted by molar-refractivity contribution is 5.94. The van der Waals surface area contributed by atoms with Crippen molar-refractivity contribution in [1.29, 1.82) is 0 Å². The van der Waals surface area contributed by atoms with Gasteiger partial charge in [0.2, 0.25) is 0 Å². The molecule has 9 nitrogen and oxygen atoms in total. The Bertz CT molecular complexity index is 1200. The van der Waals surface area contributed by atoms with Gasteiger partial charge >= 0.3 is 12.1 Å². The number of hydrogen-bond donors (Lipinski definition) is 3. The number of carbonyl (C=O) groups excluding carboxylic acids is 2. The van der Waals surface area contributed by atoms with Crippen LogP contribution in [0.25, 0.3) is 11.1 Å². The van der Waals surface area contributed by atoms with Crippen LogP contribution >= 0.6 is 0 Å². The van der Waals surface area contributed by atoms with Crippen molar-refractivity contribution in [2.24, 2.45) is 0 Å². The predicted octanol–water partition coefficient (Wildman–Crippen LogP) is 3.85. The maximum Gasteiger partial charge on any atom is 0.412 e. The van der Waals surface area contributed by atoms with Crippen molar-refractivity contribution >= 4 is 23.8 Å². The van der Waals surface area contributed by atoms with Crippen LogP contribution in [-0.4, -0.2) is 57.4 Å². The maximum atomic E-state index is 12.8. The van der Waals surface area contributed by atoms with E-state index in [-0.39, 0.29) is 49.0 Å². The quantitative estimate of drug-likeness (QED) is 0.469. The molecule has 0 unspecified atom stereocenters. The van der Waals surface area contributed by atoms with Crippen LogP contribution < -0.4 is 5.32 Å². The second-order valence-electron chi connectivity index (χ2n) is 8.49. The van der Waals surface area contributed by atoms with Crippen molar-refractivity contribution < 1.29 is 24.2 Å². The summed E-state index contributed by atoms with van der Waals surface area (Å²) in [4.78, 5) is 37.7. The molecule has 2 aliphatic carbocycles. The Morgan fingerprint density at radius 2 is 1.71 bits per heavy atom. The SMILES string of the molecule is O=C(O)CCN(C(=O)c1cc(NC(=O)OCC2c3ccccc3-c3ccccc32)n[nH]1)C1CC1. The van der Waals surface area contributed by atoms with Crippen molar-refractivity contribution in [3.05, 3.63) is 71.4 Å². The number of anilines is 1. The smallest absolute Gasteiger partial charge is 0.412 e. The third kappa shape index (κ3) is 4.36. The van der Waals surface area contributed by atoms with E-state index in [1.165, 1.54) is 6.07 Å². The zero-order valence-electron chi connectivity index (χ0n) is 18.4. The fraction of sp³-hybridized carbons (Fsp3) is 0.280. The van der Waals surface area contributed by atoms with Crippen LogP contribution in [0, 0.1) is 0 Å². The summed E-state index contributed by atoms with van der Waals surface area (Å²) in [5, 5.41) is 18.1. The van der Waals surface area contributed by atoms with Gasteiger partial charge in [-0.15, -0.1) is 0 Å². The van der Waals surface area contributed by atoms with Crippen LogP contribution in [0.15, 0.2) is 54.6 Å². The molecule has 0 atom stereocenters.